The van der Waals surface area contributed by atoms with Gasteiger partial charge in [0, 0.05) is 24.2 Å². The summed E-state index contributed by atoms with van der Waals surface area (Å²) in [5, 5.41) is 10.6. The van der Waals surface area contributed by atoms with Crippen molar-refractivity contribution in [1.29, 1.82) is 0 Å². The molecule has 0 radical (unpaired) electrons. The number of nitrogens with one attached hydrogen (secondary N) is 2. The maximum atomic E-state index is 12.4. The summed E-state index contributed by atoms with van der Waals surface area (Å²) in [4.78, 5) is 16.6. The van der Waals surface area contributed by atoms with Crippen molar-refractivity contribution < 1.29 is 13.2 Å². The summed E-state index contributed by atoms with van der Waals surface area (Å²) in [5.41, 5.74) is 2.06. The molecule has 1 amide bonds. The van der Waals surface area contributed by atoms with Crippen LogP contribution in [0.5, 0.6) is 0 Å². The highest BCUT2D eigenvalue weighted by Crippen LogP contribution is 2.22. The van der Waals surface area contributed by atoms with Gasteiger partial charge in [-0.05, 0) is 25.8 Å². The molecule has 23 heavy (non-hydrogen) atoms. The molecule has 0 spiro atoms. The number of aromatic nitrogens is 3. The largest absolute Gasteiger partial charge is 0.324 e. The van der Waals surface area contributed by atoms with E-state index in [1.165, 1.54) is 10.6 Å². The number of carbonyl (C=O) groups excluding carboxylic acids is 1. The Bertz CT molecular complexity index is 845. The Morgan fingerprint density at radius 2 is 2.26 bits per heavy atom. The number of aryl methyl sites for hydroxylation is 1. The zero-order valence-electron chi connectivity index (χ0n) is 13.0. The number of H-pyrrole nitrogens is 1. The SMILES string of the molecule is Cc1[nH]nc2ncc(NC(=O)[C@H]3CCCN(S(C)(=O)=O)C3)cc12. The van der Waals surface area contributed by atoms with Gasteiger partial charge in [-0.3, -0.25) is 9.89 Å². The fourth-order valence-corrected chi connectivity index (χ4v) is 3.70. The molecule has 0 unspecified atom stereocenters. The van der Waals surface area contributed by atoms with Crippen LogP contribution in [0.1, 0.15) is 18.5 Å². The zero-order valence-corrected chi connectivity index (χ0v) is 13.9. The smallest absolute Gasteiger partial charge is 0.228 e. The molecule has 2 aromatic rings. The summed E-state index contributed by atoms with van der Waals surface area (Å²) in [6.45, 7) is 2.59. The molecule has 3 heterocycles. The van der Waals surface area contributed by atoms with Gasteiger partial charge in [0.1, 0.15) is 0 Å². The van der Waals surface area contributed by atoms with Crippen molar-refractivity contribution in [3.05, 3.63) is 18.0 Å². The Morgan fingerprint density at radius 3 is 3.00 bits per heavy atom. The second-order valence-corrected chi connectivity index (χ2v) is 7.88. The zero-order chi connectivity index (χ0) is 16.6. The average Bonchev–Trinajstić information content (AvgIpc) is 2.88. The summed E-state index contributed by atoms with van der Waals surface area (Å²) < 4.78 is 24.6. The lowest BCUT2D eigenvalue weighted by Gasteiger charge is -2.30. The van der Waals surface area contributed by atoms with Gasteiger partial charge in [0.25, 0.3) is 0 Å². The Morgan fingerprint density at radius 1 is 1.48 bits per heavy atom. The lowest BCUT2D eigenvalue weighted by atomic mass is 9.99. The van der Waals surface area contributed by atoms with E-state index in [9.17, 15) is 13.2 Å². The maximum absolute atomic E-state index is 12.4. The third-order valence-electron chi connectivity index (χ3n) is 4.09. The highest BCUT2D eigenvalue weighted by Gasteiger charge is 2.30. The van der Waals surface area contributed by atoms with E-state index in [1.54, 1.807) is 6.20 Å². The molecule has 0 saturated carbocycles. The number of amides is 1. The van der Waals surface area contributed by atoms with Crippen LogP contribution in [0, 0.1) is 12.8 Å². The molecule has 0 aromatic carbocycles. The molecule has 1 atom stereocenters. The number of pyridine rings is 1. The number of anilines is 1. The van der Waals surface area contributed by atoms with Gasteiger partial charge in [-0.1, -0.05) is 0 Å². The van der Waals surface area contributed by atoms with Crippen LogP contribution < -0.4 is 5.32 Å². The topological polar surface area (TPSA) is 108 Å². The quantitative estimate of drug-likeness (QED) is 0.864. The van der Waals surface area contributed by atoms with Crippen molar-refractivity contribution in [3.63, 3.8) is 0 Å². The van der Waals surface area contributed by atoms with Gasteiger partial charge in [0.05, 0.1) is 24.1 Å². The number of rotatable bonds is 3. The Kier molecular flexibility index (Phi) is 4.07. The number of carbonyl (C=O) groups is 1. The first-order chi connectivity index (χ1) is 10.8. The third kappa shape index (κ3) is 3.35. The molecule has 1 aliphatic rings. The van der Waals surface area contributed by atoms with Gasteiger partial charge in [-0.25, -0.2) is 17.7 Å². The second-order valence-electron chi connectivity index (χ2n) is 5.89. The molecule has 9 heteroatoms. The highest BCUT2D eigenvalue weighted by atomic mass is 32.2. The van der Waals surface area contributed by atoms with Crippen molar-refractivity contribution in [2.75, 3.05) is 24.7 Å². The predicted octanol–water partition coefficient (Wildman–Crippen LogP) is 0.876. The molecule has 1 fully saturated rings. The fourth-order valence-electron chi connectivity index (χ4n) is 2.79. The van der Waals surface area contributed by atoms with Crippen molar-refractivity contribution in [3.8, 4) is 0 Å². The number of hydrogen-bond acceptors (Lipinski definition) is 5. The normalized spacial score (nSPS) is 19.8. The van der Waals surface area contributed by atoms with Crippen LogP contribution in [-0.4, -0.2) is 53.2 Å². The molecule has 0 bridgehead atoms. The van der Waals surface area contributed by atoms with E-state index < -0.39 is 10.0 Å². The molecule has 1 saturated heterocycles. The van der Waals surface area contributed by atoms with E-state index in [2.05, 4.69) is 20.5 Å². The minimum atomic E-state index is -3.26. The van der Waals surface area contributed by atoms with Crippen molar-refractivity contribution >= 4 is 32.7 Å². The van der Waals surface area contributed by atoms with E-state index in [4.69, 9.17) is 0 Å². The van der Waals surface area contributed by atoms with Crippen LogP contribution in [0.4, 0.5) is 5.69 Å². The molecule has 8 nitrogen and oxygen atoms in total. The van der Waals surface area contributed by atoms with Gasteiger partial charge in [-0.2, -0.15) is 5.10 Å². The second kappa shape index (κ2) is 5.89. The van der Waals surface area contributed by atoms with Crippen LogP contribution in [0.3, 0.4) is 0 Å². The minimum absolute atomic E-state index is 0.180. The van der Waals surface area contributed by atoms with Crippen LogP contribution in [0.2, 0.25) is 0 Å². The van der Waals surface area contributed by atoms with Crippen LogP contribution >= 0.6 is 0 Å². The van der Waals surface area contributed by atoms with Crippen LogP contribution in [0.15, 0.2) is 12.3 Å². The molecule has 2 aromatic heterocycles. The molecule has 1 aliphatic heterocycles. The molecule has 0 aliphatic carbocycles. The van der Waals surface area contributed by atoms with E-state index in [1.807, 2.05) is 13.0 Å². The standard InChI is InChI=1S/C14H19N5O3S/c1-9-12-6-11(7-15-13(12)18-17-9)16-14(20)10-4-3-5-19(8-10)23(2,21)22/h6-7,10H,3-5,8H2,1-2H3,(H,16,20)(H,15,17,18)/t10-/m0/s1. The first-order valence-electron chi connectivity index (χ1n) is 7.41. The number of aromatic amines is 1. The minimum Gasteiger partial charge on any atom is -0.324 e. The first kappa shape index (κ1) is 15.9. The number of fused-ring (bicyclic) bond motifs is 1. The van der Waals surface area contributed by atoms with E-state index >= 15 is 0 Å². The van der Waals surface area contributed by atoms with E-state index in [0.29, 0.717) is 30.7 Å². The van der Waals surface area contributed by atoms with Gasteiger partial charge in [0.15, 0.2) is 5.65 Å². The lowest BCUT2D eigenvalue weighted by molar-refractivity contribution is -0.120. The third-order valence-corrected chi connectivity index (χ3v) is 5.36. The number of hydrogen-bond donors (Lipinski definition) is 2. The van der Waals surface area contributed by atoms with Crippen molar-refractivity contribution in [2.24, 2.45) is 5.92 Å². The molecular weight excluding hydrogens is 318 g/mol. The van der Waals surface area contributed by atoms with Gasteiger partial charge in [-0.15, -0.1) is 0 Å². The van der Waals surface area contributed by atoms with Gasteiger partial charge >= 0.3 is 0 Å². The predicted molar refractivity (Wildman–Crippen MR) is 86.4 cm³/mol. The molecular formula is C14H19N5O3S. The molecule has 3 rings (SSSR count). The maximum Gasteiger partial charge on any atom is 0.228 e. The van der Waals surface area contributed by atoms with E-state index in [-0.39, 0.29) is 18.4 Å². The summed E-state index contributed by atoms with van der Waals surface area (Å²) in [5.74, 6) is -0.528. The summed E-state index contributed by atoms with van der Waals surface area (Å²) >= 11 is 0. The number of piperidine rings is 1. The van der Waals surface area contributed by atoms with Crippen molar-refractivity contribution in [1.82, 2.24) is 19.5 Å². The first-order valence-corrected chi connectivity index (χ1v) is 9.26. The van der Waals surface area contributed by atoms with Crippen molar-refractivity contribution in [2.45, 2.75) is 19.8 Å². The fraction of sp³-hybridized carbons (Fsp3) is 0.500. The monoisotopic (exact) mass is 337 g/mol. The molecule has 124 valence electrons. The van der Waals surface area contributed by atoms with Gasteiger partial charge in [0.2, 0.25) is 15.9 Å². The summed E-state index contributed by atoms with van der Waals surface area (Å²) in [6.07, 6.45) is 4.09. The Balaban J connectivity index is 1.73. The highest BCUT2D eigenvalue weighted by molar-refractivity contribution is 7.88. The average molecular weight is 337 g/mol. The number of sulfonamides is 1. The Labute approximate surface area is 134 Å². The lowest BCUT2D eigenvalue weighted by Crippen LogP contribution is -2.43. The Hall–Kier alpha value is -2.00. The molecule has 2 N–H and O–H groups in total. The summed E-state index contributed by atoms with van der Waals surface area (Å²) in [7, 11) is -3.26. The van der Waals surface area contributed by atoms with Crippen LogP contribution in [-0.2, 0) is 14.8 Å². The van der Waals surface area contributed by atoms with Crippen LogP contribution in [0.25, 0.3) is 11.0 Å². The van der Waals surface area contributed by atoms with E-state index in [0.717, 1.165) is 11.1 Å². The van der Waals surface area contributed by atoms with Gasteiger partial charge < -0.3 is 5.32 Å². The number of nitrogens with zero attached hydrogens (tertiary/aromatic N) is 3. The summed E-state index contributed by atoms with van der Waals surface area (Å²) in [6, 6.07) is 1.82.